The van der Waals surface area contributed by atoms with Gasteiger partial charge < -0.3 is 15.5 Å². The molecular weight excluding hydrogens is 334 g/mol. The summed E-state index contributed by atoms with van der Waals surface area (Å²) in [5, 5.41) is 35.3. The van der Waals surface area contributed by atoms with Gasteiger partial charge in [-0.05, 0) is 48.9 Å². The van der Waals surface area contributed by atoms with Crippen LogP contribution >= 0.6 is 11.3 Å². The van der Waals surface area contributed by atoms with Crippen LogP contribution in [0.15, 0.2) is 36.2 Å². The first-order chi connectivity index (χ1) is 12.0. The molecule has 2 heterocycles. The van der Waals surface area contributed by atoms with Crippen molar-refractivity contribution in [2.75, 3.05) is 5.32 Å². The minimum atomic E-state index is -0.585. The molecule has 0 bridgehead atoms. The largest absolute Gasteiger partial charge is 0.507 e. The maximum atomic E-state index is 10.3. The number of benzene rings is 1. The van der Waals surface area contributed by atoms with Crippen molar-refractivity contribution in [3.63, 3.8) is 0 Å². The molecule has 0 amide bonds. The Morgan fingerprint density at radius 2 is 2.12 bits per heavy atom. The third kappa shape index (κ3) is 2.88. The van der Waals surface area contributed by atoms with Crippen LogP contribution in [0, 0.1) is 0 Å². The average Bonchev–Trinajstić information content (AvgIpc) is 3.04. The van der Waals surface area contributed by atoms with Gasteiger partial charge in [-0.15, -0.1) is 21.5 Å². The van der Waals surface area contributed by atoms with Crippen LogP contribution in [0.1, 0.15) is 25.3 Å². The number of aliphatic hydroxyl groups is 1. The molecule has 1 fully saturated rings. The zero-order valence-corrected chi connectivity index (χ0v) is 14.7. The Kier molecular flexibility index (Phi) is 3.74. The van der Waals surface area contributed by atoms with E-state index in [2.05, 4.69) is 22.1 Å². The topological polar surface area (TPSA) is 78.3 Å². The van der Waals surface area contributed by atoms with E-state index in [0.29, 0.717) is 24.1 Å². The van der Waals surface area contributed by atoms with Gasteiger partial charge in [0.1, 0.15) is 11.4 Å². The SMILES string of the molecule is C=Cc1ccc(-c2nnc(NC3CC(C)(O)C3)c3sccc23)c(O)c1. The number of thiophene rings is 1. The molecule has 4 rings (SSSR count). The molecule has 0 aliphatic heterocycles. The van der Waals surface area contributed by atoms with Crippen molar-refractivity contribution in [3.05, 3.63) is 41.8 Å². The maximum Gasteiger partial charge on any atom is 0.166 e. The summed E-state index contributed by atoms with van der Waals surface area (Å²) in [7, 11) is 0. The second-order valence-electron chi connectivity index (χ2n) is 6.79. The molecule has 5 nitrogen and oxygen atoms in total. The molecule has 6 heteroatoms. The Labute approximate surface area is 149 Å². The van der Waals surface area contributed by atoms with Crippen LogP contribution in [0.5, 0.6) is 5.75 Å². The zero-order chi connectivity index (χ0) is 17.6. The lowest BCUT2D eigenvalue weighted by atomic mass is 9.77. The zero-order valence-electron chi connectivity index (χ0n) is 13.9. The van der Waals surface area contributed by atoms with E-state index in [9.17, 15) is 10.2 Å². The van der Waals surface area contributed by atoms with E-state index in [-0.39, 0.29) is 11.8 Å². The average molecular weight is 353 g/mol. The molecule has 0 radical (unpaired) electrons. The van der Waals surface area contributed by atoms with Crippen molar-refractivity contribution in [3.8, 4) is 17.0 Å². The van der Waals surface area contributed by atoms with E-state index in [1.807, 2.05) is 30.5 Å². The summed E-state index contributed by atoms with van der Waals surface area (Å²) in [5.74, 6) is 0.895. The molecule has 0 unspecified atom stereocenters. The van der Waals surface area contributed by atoms with Crippen LogP contribution in [-0.2, 0) is 0 Å². The molecule has 25 heavy (non-hydrogen) atoms. The van der Waals surface area contributed by atoms with Crippen molar-refractivity contribution in [1.82, 2.24) is 10.2 Å². The Morgan fingerprint density at radius 1 is 1.32 bits per heavy atom. The first-order valence-electron chi connectivity index (χ1n) is 8.15. The van der Waals surface area contributed by atoms with Crippen molar-refractivity contribution < 1.29 is 10.2 Å². The quantitative estimate of drug-likeness (QED) is 0.660. The minimum Gasteiger partial charge on any atom is -0.507 e. The Bertz CT molecular complexity index is 956. The van der Waals surface area contributed by atoms with E-state index in [1.165, 1.54) is 0 Å². The van der Waals surface area contributed by atoms with E-state index in [1.54, 1.807) is 23.5 Å². The van der Waals surface area contributed by atoms with Gasteiger partial charge in [0.2, 0.25) is 0 Å². The van der Waals surface area contributed by atoms with Crippen LogP contribution in [0.4, 0.5) is 5.82 Å². The number of fused-ring (bicyclic) bond motifs is 1. The lowest BCUT2D eigenvalue weighted by Gasteiger charge is -2.41. The third-order valence-electron chi connectivity index (χ3n) is 4.61. The highest BCUT2D eigenvalue weighted by Gasteiger charge is 2.38. The number of hydrogen-bond acceptors (Lipinski definition) is 6. The van der Waals surface area contributed by atoms with Crippen LogP contribution in [-0.4, -0.2) is 32.1 Å². The fraction of sp³-hybridized carbons (Fsp3) is 0.263. The highest BCUT2D eigenvalue weighted by atomic mass is 32.1. The molecule has 1 aliphatic rings. The van der Waals surface area contributed by atoms with Gasteiger partial charge in [0.15, 0.2) is 5.82 Å². The summed E-state index contributed by atoms with van der Waals surface area (Å²) in [6.45, 7) is 5.56. The van der Waals surface area contributed by atoms with Gasteiger partial charge in [-0.3, -0.25) is 0 Å². The summed E-state index contributed by atoms with van der Waals surface area (Å²) in [6, 6.07) is 7.60. The predicted octanol–water partition coefficient (Wildman–Crippen LogP) is 4.03. The second-order valence-corrected chi connectivity index (χ2v) is 7.70. The Morgan fingerprint density at radius 3 is 2.80 bits per heavy atom. The molecule has 1 aromatic carbocycles. The second kappa shape index (κ2) is 5.82. The van der Waals surface area contributed by atoms with Crippen LogP contribution in [0.25, 0.3) is 27.4 Å². The van der Waals surface area contributed by atoms with Gasteiger partial charge in [0, 0.05) is 17.0 Å². The number of anilines is 1. The van der Waals surface area contributed by atoms with Crippen molar-refractivity contribution in [2.45, 2.75) is 31.4 Å². The number of hydrogen-bond donors (Lipinski definition) is 3. The van der Waals surface area contributed by atoms with Gasteiger partial charge in [0.25, 0.3) is 0 Å². The smallest absolute Gasteiger partial charge is 0.166 e. The van der Waals surface area contributed by atoms with Crippen LogP contribution in [0.3, 0.4) is 0 Å². The van der Waals surface area contributed by atoms with Crippen molar-refractivity contribution >= 4 is 33.3 Å². The summed E-state index contributed by atoms with van der Waals surface area (Å²) in [4.78, 5) is 0. The van der Waals surface area contributed by atoms with E-state index in [0.717, 1.165) is 21.5 Å². The molecule has 3 aromatic rings. The number of nitrogens with one attached hydrogen (secondary N) is 1. The van der Waals surface area contributed by atoms with Gasteiger partial charge in [0.05, 0.1) is 10.3 Å². The third-order valence-corrected chi connectivity index (χ3v) is 5.53. The van der Waals surface area contributed by atoms with Gasteiger partial charge in [-0.1, -0.05) is 18.7 Å². The summed E-state index contributed by atoms with van der Waals surface area (Å²) >= 11 is 1.59. The molecule has 2 aromatic heterocycles. The monoisotopic (exact) mass is 353 g/mol. The maximum absolute atomic E-state index is 10.3. The van der Waals surface area contributed by atoms with E-state index < -0.39 is 5.60 Å². The number of aromatic nitrogens is 2. The molecule has 0 atom stereocenters. The fourth-order valence-corrected chi connectivity index (χ4v) is 4.19. The van der Waals surface area contributed by atoms with E-state index >= 15 is 0 Å². The van der Waals surface area contributed by atoms with Gasteiger partial charge >= 0.3 is 0 Å². The number of aromatic hydroxyl groups is 1. The molecule has 3 N–H and O–H groups in total. The highest BCUT2D eigenvalue weighted by Crippen LogP contribution is 2.39. The van der Waals surface area contributed by atoms with Gasteiger partial charge in [-0.25, -0.2) is 0 Å². The Balaban J connectivity index is 1.72. The number of phenolic OH excluding ortho intramolecular Hbond substituents is 1. The summed E-state index contributed by atoms with van der Waals surface area (Å²) in [5.41, 5.74) is 1.58. The minimum absolute atomic E-state index is 0.162. The highest BCUT2D eigenvalue weighted by molar-refractivity contribution is 7.17. The van der Waals surface area contributed by atoms with Crippen molar-refractivity contribution in [2.24, 2.45) is 0 Å². The fourth-order valence-electron chi connectivity index (χ4n) is 3.34. The Hall–Kier alpha value is -2.44. The number of rotatable bonds is 4. The van der Waals surface area contributed by atoms with Gasteiger partial charge in [-0.2, -0.15) is 0 Å². The molecule has 1 aliphatic carbocycles. The van der Waals surface area contributed by atoms with Crippen molar-refractivity contribution in [1.29, 1.82) is 0 Å². The molecule has 1 saturated carbocycles. The lowest BCUT2D eigenvalue weighted by molar-refractivity contribution is -0.0235. The number of phenols is 1. The lowest BCUT2D eigenvalue weighted by Crippen LogP contribution is -2.48. The first kappa shape index (κ1) is 16.1. The standard InChI is InChI=1S/C19H19N3O2S/c1-3-11-4-5-13(15(23)8-11)16-14-6-7-25-17(14)18(22-21-16)20-12-9-19(2,24)10-12/h3-8,12,23-24H,1,9-10H2,2H3,(H,20,22). The summed E-state index contributed by atoms with van der Waals surface area (Å²) < 4.78 is 1.00. The van der Waals surface area contributed by atoms with Crippen LogP contribution in [0.2, 0.25) is 0 Å². The normalized spacial score (nSPS) is 22.6. The molecule has 0 spiro atoms. The summed E-state index contributed by atoms with van der Waals surface area (Å²) in [6.07, 6.45) is 3.09. The molecular formula is C19H19N3O2S. The predicted molar refractivity (Wildman–Crippen MR) is 102 cm³/mol. The van der Waals surface area contributed by atoms with Crippen LogP contribution < -0.4 is 5.32 Å². The molecule has 128 valence electrons. The first-order valence-corrected chi connectivity index (χ1v) is 9.03. The van der Waals surface area contributed by atoms with E-state index in [4.69, 9.17) is 0 Å². The number of nitrogens with zero attached hydrogens (tertiary/aromatic N) is 2. The molecule has 0 saturated heterocycles.